The van der Waals surface area contributed by atoms with Crippen LogP contribution in [0.15, 0.2) is 65.8 Å². The third-order valence-electron chi connectivity index (χ3n) is 5.38. The molecule has 8 nitrogen and oxygen atoms in total. The monoisotopic (exact) mass is 493 g/mol. The highest BCUT2D eigenvalue weighted by Crippen LogP contribution is 2.35. The summed E-state index contributed by atoms with van der Waals surface area (Å²) in [6.45, 7) is 3.45. The van der Waals surface area contributed by atoms with Gasteiger partial charge in [0.05, 0.1) is 28.8 Å². The van der Waals surface area contributed by atoms with Gasteiger partial charge in [-0.2, -0.15) is 9.49 Å². The Morgan fingerprint density at radius 2 is 1.91 bits per heavy atom. The largest absolute Gasteiger partial charge is 0.593 e. The van der Waals surface area contributed by atoms with Crippen LogP contribution < -0.4 is 14.8 Å². The van der Waals surface area contributed by atoms with E-state index in [1.54, 1.807) is 55.2 Å². The number of benzene rings is 2. The molecule has 0 bridgehead atoms. The third-order valence-corrected chi connectivity index (χ3v) is 6.44. The molecule has 0 fully saturated rings. The van der Waals surface area contributed by atoms with Crippen LogP contribution in [0.3, 0.4) is 0 Å². The molecule has 0 aliphatic carbocycles. The Labute approximate surface area is 205 Å². The van der Waals surface area contributed by atoms with Crippen LogP contribution in [-0.2, 0) is 18.4 Å². The molecule has 2 N–H and O–H groups in total. The number of carbonyl (C=O) groups is 1. The second kappa shape index (κ2) is 10.3. The molecule has 2 heterocycles. The molecule has 1 amide bonds. The third kappa shape index (κ3) is 5.35. The summed E-state index contributed by atoms with van der Waals surface area (Å²) in [4.78, 5) is 17.9. The number of pyridine rings is 1. The van der Waals surface area contributed by atoms with Gasteiger partial charge in [-0.25, -0.2) is 4.98 Å². The first-order valence-electron chi connectivity index (χ1n) is 10.7. The SMILES string of the molecule is CN[S+]([O-])c1cccc(NC(=O)c2c(Oc3ccc(F)nc3C)ccc(-c3cnn(C)c3)c2C)c1. The van der Waals surface area contributed by atoms with E-state index in [1.165, 1.54) is 12.1 Å². The van der Waals surface area contributed by atoms with Gasteiger partial charge in [-0.1, -0.05) is 12.1 Å². The standard InChI is InChI=1S/C25H24FN5O3S/c1-15-20(17-13-28-31(4)14-17)8-9-22(34-21-10-11-23(26)29-16(21)2)24(15)25(32)30-18-6-5-7-19(12-18)35(33)27-3/h5-14,27H,1-4H3,(H,30,32). The first kappa shape index (κ1) is 24.4. The zero-order valence-corrected chi connectivity index (χ0v) is 20.4. The number of nitrogens with one attached hydrogen (secondary N) is 2. The molecule has 0 saturated carbocycles. The van der Waals surface area contributed by atoms with E-state index >= 15 is 0 Å². The predicted octanol–water partition coefficient (Wildman–Crippen LogP) is 4.52. The average Bonchev–Trinajstić information content (AvgIpc) is 3.26. The van der Waals surface area contributed by atoms with E-state index < -0.39 is 23.2 Å². The van der Waals surface area contributed by atoms with Gasteiger partial charge in [0.1, 0.15) is 11.5 Å². The van der Waals surface area contributed by atoms with Crippen LogP contribution in [0.25, 0.3) is 11.1 Å². The quantitative estimate of drug-likeness (QED) is 0.290. The summed E-state index contributed by atoms with van der Waals surface area (Å²) in [7, 11) is 3.40. The van der Waals surface area contributed by atoms with Crippen molar-refractivity contribution in [2.45, 2.75) is 18.7 Å². The summed E-state index contributed by atoms with van der Waals surface area (Å²) in [6.07, 6.45) is 3.57. The summed E-state index contributed by atoms with van der Waals surface area (Å²) in [5.74, 6) is -0.405. The number of aromatic nitrogens is 3. The Kier molecular flexibility index (Phi) is 7.15. The second-order valence-corrected chi connectivity index (χ2v) is 9.21. The fourth-order valence-corrected chi connectivity index (χ4v) is 4.34. The Balaban J connectivity index is 1.76. The lowest BCUT2D eigenvalue weighted by Gasteiger charge is -2.17. The number of hydrogen-bond acceptors (Lipinski definition) is 6. The van der Waals surface area contributed by atoms with Crippen LogP contribution in [-0.4, -0.2) is 32.3 Å². The molecule has 2 aromatic carbocycles. The molecule has 1 atom stereocenters. The molecule has 0 radical (unpaired) electrons. The molecule has 2 aromatic heterocycles. The van der Waals surface area contributed by atoms with Gasteiger partial charge < -0.3 is 14.6 Å². The van der Waals surface area contributed by atoms with Crippen LogP contribution in [0.1, 0.15) is 21.6 Å². The smallest absolute Gasteiger partial charge is 0.259 e. The molecular formula is C25H24FN5O3S. The Hall–Kier alpha value is -3.73. The van der Waals surface area contributed by atoms with Crippen molar-refractivity contribution in [3.8, 4) is 22.6 Å². The molecule has 4 rings (SSSR count). The number of aryl methyl sites for hydroxylation is 2. The van der Waals surface area contributed by atoms with E-state index in [-0.39, 0.29) is 0 Å². The summed E-state index contributed by atoms with van der Waals surface area (Å²) in [5, 5.41) is 7.10. The Bertz CT molecular complexity index is 1390. The van der Waals surface area contributed by atoms with E-state index in [4.69, 9.17) is 4.74 Å². The average molecular weight is 494 g/mol. The minimum Gasteiger partial charge on any atom is -0.593 e. The molecule has 0 spiro atoms. The summed E-state index contributed by atoms with van der Waals surface area (Å²) in [6, 6.07) is 13.0. The van der Waals surface area contributed by atoms with Gasteiger partial charge in [-0.05, 0) is 55.3 Å². The molecule has 1 unspecified atom stereocenters. The Morgan fingerprint density at radius 3 is 2.60 bits per heavy atom. The van der Waals surface area contributed by atoms with Gasteiger partial charge in [0.2, 0.25) is 5.95 Å². The van der Waals surface area contributed by atoms with E-state index in [9.17, 15) is 13.7 Å². The van der Waals surface area contributed by atoms with Crippen LogP contribution in [0.4, 0.5) is 10.1 Å². The number of amides is 1. The van der Waals surface area contributed by atoms with Crippen molar-refractivity contribution in [3.63, 3.8) is 0 Å². The highest BCUT2D eigenvalue weighted by atomic mass is 32.2. The minimum absolute atomic E-state index is 0.291. The van der Waals surface area contributed by atoms with Crippen molar-refractivity contribution in [1.29, 1.82) is 0 Å². The molecule has 0 aliphatic rings. The van der Waals surface area contributed by atoms with Crippen molar-refractivity contribution in [3.05, 3.63) is 83.7 Å². The number of hydrogen-bond donors (Lipinski definition) is 2. The number of nitrogens with zero attached hydrogens (tertiary/aromatic N) is 3. The lowest BCUT2D eigenvalue weighted by molar-refractivity contribution is 0.102. The molecule has 0 saturated heterocycles. The van der Waals surface area contributed by atoms with Gasteiger partial charge in [0.15, 0.2) is 4.90 Å². The molecular weight excluding hydrogens is 469 g/mol. The maximum absolute atomic E-state index is 13.5. The van der Waals surface area contributed by atoms with E-state index in [0.717, 1.165) is 11.1 Å². The van der Waals surface area contributed by atoms with Crippen LogP contribution >= 0.6 is 0 Å². The van der Waals surface area contributed by atoms with Gasteiger partial charge in [0.25, 0.3) is 5.91 Å². The van der Waals surface area contributed by atoms with E-state index in [2.05, 4.69) is 20.1 Å². The summed E-state index contributed by atoms with van der Waals surface area (Å²) >= 11 is -1.40. The maximum atomic E-state index is 13.5. The normalized spacial score (nSPS) is 11.8. The molecule has 180 valence electrons. The van der Waals surface area contributed by atoms with E-state index in [0.29, 0.717) is 38.9 Å². The summed E-state index contributed by atoms with van der Waals surface area (Å²) < 4.78 is 36.0. The zero-order valence-electron chi connectivity index (χ0n) is 19.6. The highest BCUT2D eigenvalue weighted by molar-refractivity contribution is 7.89. The molecule has 35 heavy (non-hydrogen) atoms. The number of carbonyl (C=O) groups excluding carboxylic acids is 1. The van der Waals surface area contributed by atoms with Crippen LogP contribution in [0.2, 0.25) is 0 Å². The maximum Gasteiger partial charge on any atom is 0.259 e. The fourth-order valence-electron chi connectivity index (χ4n) is 3.67. The Morgan fingerprint density at radius 1 is 1.14 bits per heavy atom. The summed E-state index contributed by atoms with van der Waals surface area (Å²) in [5.41, 5.74) is 3.47. The van der Waals surface area contributed by atoms with Crippen molar-refractivity contribution in [2.24, 2.45) is 7.05 Å². The van der Waals surface area contributed by atoms with Crippen LogP contribution in [0.5, 0.6) is 11.5 Å². The number of rotatable bonds is 7. The van der Waals surface area contributed by atoms with Gasteiger partial charge in [-0.3, -0.25) is 9.48 Å². The van der Waals surface area contributed by atoms with Crippen molar-refractivity contribution < 1.29 is 18.5 Å². The number of halogens is 1. The first-order valence-corrected chi connectivity index (χ1v) is 11.9. The molecule has 4 aromatic rings. The molecule has 0 aliphatic heterocycles. The van der Waals surface area contributed by atoms with Gasteiger partial charge >= 0.3 is 0 Å². The van der Waals surface area contributed by atoms with Crippen molar-refractivity contribution in [1.82, 2.24) is 19.5 Å². The highest BCUT2D eigenvalue weighted by Gasteiger charge is 2.22. The van der Waals surface area contributed by atoms with Crippen molar-refractivity contribution in [2.75, 3.05) is 12.4 Å². The van der Waals surface area contributed by atoms with Gasteiger partial charge in [0, 0.05) is 37.6 Å². The minimum atomic E-state index is -1.40. The second-order valence-electron chi connectivity index (χ2n) is 7.79. The topological polar surface area (TPSA) is 104 Å². The zero-order chi connectivity index (χ0) is 25.1. The predicted molar refractivity (Wildman–Crippen MR) is 132 cm³/mol. The lowest BCUT2D eigenvalue weighted by atomic mass is 9.97. The van der Waals surface area contributed by atoms with Gasteiger partial charge in [-0.15, -0.1) is 4.72 Å². The van der Waals surface area contributed by atoms with Crippen molar-refractivity contribution >= 4 is 23.0 Å². The van der Waals surface area contributed by atoms with Crippen LogP contribution in [0, 0.1) is 19.8 Å². The lowest BCUT2D eigenvalue weighted by Crippen LogP contribution is -2.19. The number of ether oxygens (including phenoxy) is 1. The first-order chi connectivity index (χ1) is 16.8. The molecule has 10 heteroatoms. The fraction of sp³-hybridized carbons (Fsp3) is 0.160. The van der Waals surface area contributed by atoms with E-state index in [1.807, 2.05) is 26.2 Å². The number of anilines is 1.